The first-order valence-electron chi connectivity index (χ1n) is 7.60. The molecule has 0 spiro atoms. The van der Waals surface area contributed by atoms with E-state index >= 15 is 0 Å². The Bertz CT molecular complexity index is 376. The van der Waals surface area contributed by atoms with Gasteiger partial charge in [0.2, 0.25) is 11.8 Å². The summed E-state index contributed by atoms with van der Waals surface area (Å²) >= 11 is 0. The first kappa shape index (κ1) is 14.4. The van der Waals surface area contributed by atoms with Crippen LogP contribution in [0.4, 0.5) is 0 Å². The molecule has 0 aliphatic carbocycles. The maximum absolute atomic E-state index is 12.8. The lowest BCUT2D eigenvalue weighted by molar-refractivity contribution is -0.170. The lowest BCUT2D eigenvalue weighted by atomic mass is 9.86. The van der Waals surface area contributed by atoms with Crippen LogP contribution in [0.5, 0.6) is 0 Å². The molecule has 2 amide bonds. The average molecular weight is 266 g/mol. The Morgan fingerprint density at radius 1 is 1.16 bits per heavy atom. The van der Waals surface area contributed by atoms with Crippen LogP contribution in [-0.2, 0) is 9.59 Å². The van der Waals surface area contributed by atoms with E-state index in [9.17, 15) is 9.59 Å². The Morgan fingerprint density at radius 3 is 2.37 bits per heavy atom. The van der Waals surface area contributed by atoms with E-state index in [4.69, 9.17) is 0 Å². The summed E-state index contributed by atoms with van der Waals surface area (Å²) in [5, 5.41) is 0. The highest BCUT2D eigenvalue weighted by atomic mass is 16.2. The van der Waals surface area contributed by atoms with E-state index in [2.05, 4.69) is 20.8 Å². The van der Waals surface area contributed by atoms with Gasteiger partial charge in [-0.1, -0.05) is 13.8 Å². The minimum Gasteiger partial charge on any atom is -0.329 e. The van der Waals surface area contributed by atoms with Crippen molar-refractivity contribution in [3.05, 3.63) is 0 Å². The second-order valence-corrected chi connectivity index (χ2v) is 6.13. The number of hydrogen-bond acceptors (Lipinski definition) is 2. The van der Waals surface area contributed by atoms with Gasteiger partial charge in [-0.3, -0.25) is 9.59 Å². The van der Waals surface area contributed by atoms with Crippen LogP contribution in [0.15, 0.2) is 0 Å². The van der Waals surface area contributed by atoms with Gasteiger partial charge in [-0.15, -0.1) is 0 Å². The van der Waals surface area contributed by atoms with E-state index in [-0.39, 0.29) is 29.4 Å². The predicted octanol–water partition coefficient (Wildman–Crippen LogP) is 2.18. The van der Waals surface area contributed by atoms with E-state index in [0.29, 0.717) is 0 Å². The maximum Gasteiger partial charge on any atom is 0.246 e. The van der Waals surface area contributed by atoms with Crippen molar-refractivity contribution in [2.45, 2.75) is 77.4 Å². The third-order valence-electron chi connectivity index (χ3n) is 5.16. The number of fused-ring (bicyclic) bond motifs is 1. The maximum atomic E-state index is 12.8. The largest absolute Gasteiger partial charge is 0.329 e. The van der Waals surface area contributed by atoms with Gasteiger partial charge in [0.1, 0.15) is 12.1 Å². The lowest BCUT2D eigenvalue weighted by Gasteiger charge is -2.52. The number of piperazine rings is 1. The van der Waals surface area contributed by atoms with E-state index in [1.807, 2.05) is 16.7 Å². The molecule has 108 valence electrons. The third kappa shape index (κ3) is 2.15. The number of carbonyl (C=O) groups excluding carboxylic acids is 2. The Hall–Kier alpha value is -1.06. The van der Waals surface area contributed by atoms with Crippen molar-refractivity contribution in [2.24, 2.45) is 0 Å². The van der Waals surface area contributed by atoms with Crippen molar-refractivity contribution >= 4 is 11.8 Å². The summed E-state index contributed by atoms with van der Waals surface area (Å²) in [5.74, 6) is 0.301. The van der Waals surface area contributed by atoms with Crippen LogP contribution in [-0.4, -0.2) is 45.8 Å². The van der Waals surface area contributed by atoms with Crippen LogP contribution in [0.3, 0.4) is 0 Å². The van der Waals surface area contributed by atoms with Crippen LogP contribution >= 0.6 is 0 Å². The zero-order valence-corrected chi connectivity index (χ0v) is 12.6. The van der Waals surface area contributed by atoms with Crippen LogP contribution in [0, 0.1) is 0 Å². The molecule has 2 unspecified atom stereocenters. The molecule has 0 aromatic heterocycles. The van der Waals surface area contributed by atoms with E-state index in [1.54, 1.807) is 0 Å². The first-order valence-corrected chi connectivity index (χ1v) is 7.60. The van der Waals surface area contributed by atoms with E-state index < -0.39 is 0 Å². The second-order valence-electron chi connectivity index (χ2n) is 6.13. The monoisotopic (exact) mass is 266 g/mol. The van der Waals surface area contributed by atoms with Crippen molar-refractivity contribution < 1.29 is 9.59 Å². The topological polar surface area (TPSA) is 40.6 Å². The van der Waals surface area contributed by atoms with Gasteiger partial charge in [0.05, 0.1) is 0 Å². The molecule has 0 N–H and O–H groups in total. The van der Waals surface area contributed by atoms with Gasteiger partial charge in [-0.2, -0.15) is 0 Å². The van der Waals surface area contributed by atoms with Gasteiger partial charge < -0.3 is 9.80 Å². The minimum atomic E-state index is -0.313. The smallest absolute Gasteiger partial charge is 0.246 e. The van der Waals surface area contributed by atoms with Crippen molar-refractivity contribution in [2.75, 3.05) is 6.54 Å². The van der Waals surface area contributed by atoms with Gasteiger partial charge in [-0.05, 0) is 46.0 Å². The van der Waals surface area contributed by atoms with Crippen LogP contribution < -0.4 is 0 Å². The Kier molecular flexibility index (Phi) is 3.88. The van der Waals surface area contributed by atoms with Crippen LogP contribution in [0.1, 0.15) is 59.8 Å². The van der Waals surface area contributed by atoms with Gasteiger partial charge in [-0.25, -0.2) is 0 Å². The quantitative estimate of drug-likeness (QED) is 0.785. The zero-order valence-electron chi connectivity index (χ0n) is 12.6. The summed E-state index contributed by atoms with van der Waals surface area (Å²) in [6.07, 6.45) is 4.69. The summed E-state index contributed by atoms with van der Waals surface area (Å²) in [6, 6.07) is -0.512. The van der Waals surface area contributed by atoms with E-state index in [1.165, 1.54) is 0 Å². The Labute approximate surface area is 116 Å². The minimum absolute atomic E-state index is 0.137. The van der Waals surface area contributed by atoms with Crippen LogP contribution in [0.25, 0.3) is 0 Å². The highest BCUT2D eigenvalue weighted by Gasteiger charge is 2.49. The molecule has 2 atom stereocenters. The summed E-state index contributed by atoms with van der Waals surface area (Å²) in [6.45, 7) is 8.94. The molecule has 2 fully saturated rings. The fourth-order valence-corrected chi connectivity index (χ4v) is 3.48. The van der Waals surface area contributed by atoms with Crippen molar-refractivity contribution in [3.63, 3.8) is 0 Å². The van der Waals surface area contributed by atoms with Gasteiger partial charge in [0.25, 0.3) is 0 Å². The van der Waals surface area contributed by atoms with Gasteiger partial charge in [0.15, 0.2) is 0 Å². The molecule has 0 saturated carbocycles. The molecule has 0 bridgehead atoms. The summed E-state index contributed by atoms with van der Waals surface area (Å²) in [5.41, 5.74) is -0.199. The van der Waals surface area contributed by atoms with Crippen molar-refractivity contribution in [3.8, 4) is 0 Å². The molecule has 2 aliphatic rings. The molecule has 0 aromatic carbocycles. The van der Waals surface area contributed by atoms with E-state index in [0.717, 1.165) is 38.6 Å². The molecule has 19 heavy (non-hydrogen) atoms. The molecule has 4 nitrogen and oxygen atoms in total. The third-order valence-corrected chi connectivity index (χ3v) is 5.16. The second kappa shape index (κ2) is 5.14. The molecule has 2 rings (SSSR count). The van der Waals surface area contributed by atoms with Crippen LogP contribution in [0.2, 0.25) is 0 Å². The molecule has 4 heteroatoms. The number of piperidine rings is 1. The Balaban J connectivity index is 2.34. The lowest BCUT2D eigenvalue weighted by Crippen LogP contribution is -2.69. The molecular weight excluding hydrogens is 240 g/mol. The number of rotatable bonds is 3. The SMILES string of the molecule is CCC(C)(CC)N1C(=O)C2CCCCN2C(=O)C1C. The van der Waals surface area contributed by atoms with Crippen molar-refractivity contribution in [1.29, 1.82) is 0 Å². The highest BCUT2D eigenvalue weighted by Crippen LogP contribution is 2.34. The molecule has 2 saturated heterocycles. The molecule has 2 heterocycles. The van der Waals surface area contributed by atoms with Crippen molar-refractivity contribution in [1.82, 2.24) is 9.80 Å². The number of carbonyl (C=O) groups is 2. The molecular formula is C15H26N2O2. The summed E-state index contributed by atoms with van der Waals surface area (Å²) in [7, 11) is 0. The standard InChI is InChI=1S/C15H26N2O2/c1-5-15(4,6-2)17-11(3)13(18)16-10-8-7-9-12(16)14(17)19/h11-12H,5-10H2,1-4H3. The fraction of sp³-hybridized carbons (Fsp3) is 0.867. The number of hydrogen-bond donors (Lipinski definition) is 0. The molecule has 0 aromatic rings. The Morgan fingerprint density at radius 2 is 1.79 bits per heavy atom. The fourth-order valence-electron chi connectivity index (χ4n) is 3.48. The zero-order chi connectivity index (χ0) is 14.2. The molecule has 0 radical (unpaired) electrons. The number of amides is 2. The predicted molar refractivity (Wildman–Crippen MR) is 74.6 cm³/mol. The highest BCUT2D eigenvalue weighted by molar-refractivity contribution is 5.97. The normalized spacial score (nSPS) is 28.6. The molecule has 2 aliphatic heterocycles. The summed E-state index contributed by atoms with van der Waals surface area (Å²) < 4.78 is 0. The first-order chi connectivity index (χ1) is 8.96. The van der Waals surface area contributed by atoms with Gasteiger partial charge >= 0.3 is 0 Å². The average Bonchev–Trinajstić information content (AvgIpc) is 2.44. The number of nitrogens with zero attached hydrogens (tertiary/aromatic N) is 2. The summed E-state index contributed by atoms with van der Waals surface area (Å²) in [4.78, 5) is 29.0. The van der Waals surface area contributed by atoms with Gasteiger partial charge in [0, 0.05) is 12.1 Å².